The number of rotatable bonds is 4. The van der Waals surface area contributed by atoms with E-state index in [-0.39, 0.29) is 6.03 Å². The SMILES string of the molecule is C=CCNC(=O)Nc1cccc(-c2cnc3n2CCC3)c1. The molecule has 1 aliphatic heterocycles. The van der Waals surface area contributed by atoms with Crippen molar-refractivity contribution in [2.75, 3.05) is 11.9 Å². The summed E-state index contributed by atoms with van der Waals surface area (Å²) < 4.78 is 2.25. The van der Waals surface area contributed by atoms with Crippen molar-refractivity contribution in [1.29, 1.82) is 0 Å². The lowest BCUT2D eigenvalue weighted by Gasteiger charge is -2.09. The predicted octanol–water partition coefficient (Wildman–Crippen LogP) is 2.80. The third-order valence-electron chi connectivity index (χ3n) is 3.54. The molecule has 1 aliphatic rings. The molecule has 5 nitrogen and oxygen atoms in total. The Morgan fingerprint density at radius 3 is 3.24 bits per heavy atom. The molecule has 0 atom stereocenters. The van der Waals surface area contributed by atoms with Gasteiger partial charge in [0, 0.05) is 30.8 Å². The van der Waals surface area contributed by atoms with Gasteiger partial charge in [-0.15, -0.1) is 6.58 Å². The fourth-order valence-corrected chi connectivity index (χ4v) is 2.59. The number of nitrogens with one attached hydrogen (secondary N) is 2. The first-order chi connectivity index (χ1) is 10.3. The maximum Gasteiger partial charge on any atom is 0.319 e. The van der Waals surface area contributed by atoms with Crippen LogP contribution >= 0.6 is 0 Å². The Balaban J connectivity index is 1.80. The summed E-state index contributed by atoms with van der Waals surface area (Å²) in [5, 5.41) is 5.51. The largest absolute Gasteiger partial charge is 0.334 e. The summed E-state index contributed by atoms with van der Waals surface area (Å²) in [6.45, 7) is 5.03. The smallest absolute Gasteiger partial charge is 0.319 e. The van der Waals surface area contributed by atoms with Crippen molar-refractivity contribution in [3.05, 3.63) is 48.9 Å². The summed E-state index contributed by atoms with van der Waals surface area (Å²) in [7, 11) is 0. The van der Waals surface area contributed by atoms with Gasteiger partial charge in [0.2, 0.25) is 0 Å². The Morgan fingerprint density at radius 2 is 2.38 bits per heavy atom. The Morgan fingerprint density at radius 1 is 1.48 bits per heavy atom. The first-order valence-electron chi connectivity index (χ1n) is 7.08. The zero-order chi connectivity index (χ0) is 14.7. The first-order valence-corrected chi connectivity index (χ1v) is 7.08. The van der Waals surface area contributed by atoms with Crippen LogP contribution in [-0.4, -0.2) is 22.1 Å². The van der Waals surface area contributed by atoms with E-state index in [9.17, 15) is 4.79 Å². The summed E-state index contributed by atoms with van der Waals surface area (Å²) in [4.78, 5) is 16.1. The van der Waals surface area contributed by atoms with Gasteiger partial charge in [0.25, 0.3) is 0 Å². The lowest BCUT2D eigenvalue weighted by atomic mass is 10.1. The van der Waals surface area contributed by atoms with E-state index in [2.05, 4.69) is 26.8 Å². The van der Waals surface area contributed by atoms with Crippen LogP contribution in [-0.2, 0) is 13.0 Å². The number of fused-ring (bicyclic) bond motifs is 1. The number of hydrogen-bond donors (Lipinski definition) is 2. The summed E-state index contributed by atoms with van der Waals surface area (Å²) in [6, 6.07) is 7.59. The van der Waals surface area contributed by atoms with Gasteiger partial charge in [-0.3, -0.25) is 0 Å². The summed E-state index contributed by atoms with van der Waals surface area (Å²) in [5.41, 5.74) is 2.94. The molecule has 0 saturated heterocycles. The predicted molar refractivity (Wildman–Crippen MR) is 83.2 cm³/mol. The Kier molecular flexibility index (Phi) is 3.73. The standard InChI is InChI=1S/C16H18N4O/c1-2-8-17-16(21)19-13-6-3-5-12(10-13)14-11-18-15-7-4-9-20(14)15/h2-3,5-6,10-11H,1,4,7-9H2,(H2,17,19,21). The normalized spacial score (nSPS) is 12.8. The maximum atomic E-state index is 11.7. The van der Waals surface area contributed by atoms with E-state index < -0.39 is 0 Å². The number of nitrogens with zero attached hydrogens (tertiary/aromatic N) is 2. The van der Waals surface area contributed by atoms with E-state index >= 15 is 0 Å². The van der Waals surface area contributed by atoms with Gasteiger partial charge in [-0.25, -0.2) is 9.78 Å². The average molecular weight is 282 g/mol. The number of benzene rings is 1. The highest BCUT2D eigenvalue weighted by Crippen LogP contribution is 2.27. The second kappa shape index (κ2) is 5.83. The lowest BCUT2D eigenvalue weighted by Crippen LogP contribution is -2.28. The van der Waals surface area contributed by atoms with Crippen LogP contribution in [0.1, 0.15) is 12.2 Å². The number of urea groups is 1. The third kappa shape index (κ3) is 2.81. The number of anilines is 1. The van der Waals surface area contributed by atoms with E-state index in [1.165, 1.54) is 0 Å². The molecule has 0 saturated carbocycles. The number of carbonyl (C=O) groups excluding carboxylic acids is 1. The topological polar surface area (TPSA) is 59.0 Å². The van der Waals surface area contributed by atoms with Gasteiger partial charge in [-0.1, -0.05) is 18.2 Å². The van der Waals surface area contributed by atoms with Gasteiger partial charge in [0.05, 0.1) is 11.9 Å². The lowest BCUT2D eigenvalue weighted by molar-refractivity contribution is 0.253. The summed E-state index contributed by atoms with van der Waals surface area (Å²) in [6.07, 6.45) is 5.75. The molecular weight excluding hydrogens is 264 g/mol. The van der Waals surface area contributed by atoms with Crippen molar-refractivity contribution >= 4 is 11.7 Å². The minimum Gasteiger partial charge on any atom is -0.334 e. The molecule has 3 rings (SSSR count). The van der Waals surface area contributed by atoms with Gasteiger partial charge >= 0.3 is 6.03 Å². The van der Waals surface area contributed by atoms with Crippen LogP contribution in [0.5, 0.6) is 0 Å². The second-order valence-corrected chi connectivity index (χ2v) is 5.02. The van der Waals surface area contributed by atoms with Gasteiger partial charge in [0.15, 0.2) is 0 Å². The van der Waals surface area contributed by atoms with Crippen LogP contribution in [0.3, 0.4) is 0 Å². The van der Waals surface area contributed by atoms with Gasteiger partial charge in [-0.2, -0.15) is 0 Å². The van der Waals surface area contributed by atoms with Gasteiger partial charge < -0.3 is 15.2 Å². The van der Waals surface area contributed by atoms with E-state index in [0.29, 0.717) is 6.54 Å². The van der Waals surface area contributed by atoms with Crippen molar-refractivity contribution < 1.29 is 4.79 Å². The fraction of sp³-hybridized carbons (Fsp3) is 0.250. The average Bonchev–Trinajstić information content (AvgIpc) is 3.08. The third-order valence-corrected chi connectivity index (χ3v) is 3.54. The van der Waals surface area contributed by atoms with Crippen LogP contribution in [0.15, 0.2) is 43.1 Å². The van der Waals surface area contributed by atoms with Gasteiger partial charge in [0.1, 0.15) is 5.82 Å². The zero-order valence-electron chi connectivity index (χ0n) is 11.8. The minimum absolute atomic E-state index is 0.231. The van der Waals surface area contributed by atoms with Crippen LogP contribution in [0.4, 0.5) is 10.5 Å². The molecule has 108 valence electrons. The molecule has 5 heteroatoms. The molecule has 1 aromatic carbocycles. The number of amides is 2. The van der Waals surface area contributed by atoms with Crippen LogP contribution in [0.25, 0.3) is 11.3 Å². The second-order valence-electron chi connectivity index (χ2n) is 5.02. The molecule has 2 N–H and O–H groups in total. The number of hydrogen-bond acceptors (Lipinski definition) is 2. The molecule has 0 fully saturated rings. The van der Waals surface area contributed by atoms with Crippen molar-refractivity contribution in [2.24, 2.45) is 0 Å². The van der Waals surface area contributed by atoms with Crippen LogP contribution in [0, 0.1) is 0 Å². The van der Waals surface area contributed by atoms with E-state index in [1.54, 1.807) is 6.08 Å². The molecule has 1 aromatic heterocycles. The van der Waals surface area contributed by atoms with Crippen molar-refractivity contribution in [3.8, 4) is 11.3 Å². The molecule has 2 amide bonds. The van der Waals surface area contributed by atoms with E-state index in [4.69, 9.17) is 0 Å². The quantitative estimate of drug-likeness (QED) is 0.847. The monoisotopic (exact) mass is 282 g/mol. The Bertz CT molecular complexity index is 675. The number of aryl methyl sites for hydroxylation is 1. The molecule has 0 unspecified atom stereocenters. The van der Waals surface area contributed by atoms with Crippen LogP contribution < -0.4 is 10.6 Å². The Labute approximate surface area is 123 Å². The molecule has 0 radical (unpaired) electrons. The summed E-state index contributed by atoms with van der Waals surface area (Å²) >= 11 is 0. The maximum absolute atomic E-state index is 11.7. The molecule has 2 aromatic rings. The first kappa shape index (κ1) is 13.4. The number of aromatic nitrogens is 2. The van der Waals surface area contributed by atoms with Crippen LogP contribution in [0.2, 0.25) is 0 Å². The van der Waals surface area contributed by atoms with Gasteiger partial charge in [-0.05, 0) is 18.6 Å². The zero-order valence-corrected chi connectivity index (χ0v) is 11.8. The summed E-state index contributed by atoms with van der Waals surface area (Å²) in [5.74, 6) is 1.15. The van der Waals surface area contributed by atoms with Crippen molar-refractivity contribution in [3.63, 3.8) is 0 Å². The molecule has 0 aliphatic carbocycles. The molecule has 0 bridgehead atoms. The van der Waals surface area contributed by atoms with Crippen molar-refractivity contribution in [1.82, 2.24) is 14.9 Å². The minimum atomic E-state index is -0.231. The molecule has 21 heavy (non-hydrogen) atoms. The fourth-order valence-electron chi connectivity index (χ4n) is 2.59. The van der Waals surface area contributed by atoms with Crippen molar-refractivity contribution in [2.45, 2.75) is 19.4 Å². The molecular formula is C16H18N4O. The highest BCUT2D eigenvalue weighted by atomic mass is 16.2. The highest BCUT2D eigenvalue weighted by molar-refractivity contribution is 5.90. The number of carbonyl (C=O) groups is 1. The van der Waals surface area contributed by atoms with E-state index in [1.807, 2.05) is 30.5 Å². The Hall–Kier alpha value is -2.56. The van der Waals surface area contributed by atoms with E-state index in [0.717, 1.165) is 42.2 Å². The molecule has 2 heterocycles. The molecule has 0 spiro atoms. The number of imidazole rings is 1. The highest BCUT2D eigenvalue weighted by Gasteiger charge is 2.16.